The number of sulfone groups is 1. The molecule has 0 spiro atoms. The van der Waals surface area contributed by atoms with Crippen LogP contribution in [0.1, 0.15) is 12.0 Å². The molecule has 1 unspecified atom stereocenters. The number of urea groups is 1. The molecule has 2 aliphatic heterocycles. The smallest absolute Gasteiger partial charge is 0.322 e. The first-order valence-corrected chi connectivity index (χ1v) is 11.0. The minimum absolute atomic E-state index is 0.0171. The van der Waals surface area contributed by atoms with Crippen molar-refractivity contribution < 1.29 is 17.9 Å². The van der Waals surface area contributed by atoms with Crippen LogP contribution in [0.25, 0.3) is 0 Å². The van der Waals surface area contributed by atoms with Gasteiger partial charge in [-0.2, -0.15) is 0 Å². The lowest BCUT2D eigenvalue weighted by molar-refractivity contribution is 0.122. The van der Waals surface area contributed by atoms with Crippen molar-refractivity contribution in [1.82, 2.24) is 4.90 Å². The zero-order chi connectivity index (χ0) is 19.4. The van der Waals surface area contributed by atoms with E-state index in [9.17, 15) is 13.2 Å². The van der Waals surface area contributed by atoms with Crippen LogP contribution in [0, 0.1) is 6.92 Å². The molecule has 2 fully saturated rings. The van der Waals surface area contributed by atoms with Gasteiger partial charge in [0.2, 0.25) is 0 Å². The number of rotatable bonds is 5. The van der Waals surface area contributed by atoms with Crippen molar-refractivity contribution in [3.05, 3.63) is 36.4 Å². The molecule has 2 saturated heterocycles. The monoisotopic (exact) mass is 393 g/mol. The molecule has 7 nitrogen and oxygen atoms in total. The van der Waals surface area contributed by atoms with Crippen LogP contribution in [0.4, 0.5) is 16.2 Å². The Morgan fingerprint density at radius 2 is 2.15 bits per heavy atom. The van der Waals surface area contributed by atoms with Gasteiger partial charge in [-0.25, -0.2) is 13.2 Å². The van der Waals surface area contributed by atoms with Crippen LogP contribution in [0.3, 0.4) is 0 Å². The average molecular weight is 394 g/mol. The Balaban J connectivity index is 1.70. The van der Waals surface area contributed by atoms with E-state index in [1.54, 1.807) is 11.0 Å². The standard InChI is InChI=1S/C19H27N3O4S/c1-3-7-22(17-6-12-27(24,25)14-17)19(23)20-18-5-4-16(13-15(18)2)21-8-10-26-11-9-21/h3-5,13,17H,1,6-12,14H2,2H3,(H,20,23). The maximum atomic E-state index is 12.8. The number of anilines is 2. The lowest BCUT2D eigenvalue weighted by atomic mass is 10.1. The molecular formula is C19H27N3O4S. The fourth-order valence-electron chi connectivity index (χ4n) is 3.55. The number of amides is 2. The Bertz CT molecular complexity index is 803. The first kappa shape index (κ1) is 19.7. The van der Waals surface area contributed by atoms with Crippen LogP contribution < -0.4 is 10.2 Å². The normalized spacial score (nSPS) is 21.7. The maximum absolute atomic E-state index is 12.8. The minimum atomic E-state index is -3.06. The Morgan fingerprint density at radius 3 is 2.74 bits per heavy atom. The lowest BCUT2D eigenvalue weighted by Gasteiger charge is -2.30. The number of carbonyl (C=O) groups is 1. The molecule has 0 bridgehead atoms. The molecule has 2 heterocycles. The second kappa shape index (κ2) is 8.31. The first-order chi connectivity index (χ1) is 12.9. The van der Waals surface area contributed by atoms with Gasteiger partial charge >= 0.3 is 6.03 Å². The van der Waals surface area contributed by atoms with Crippen molar-refractivity contribution in [2.24, 2.45) is 0 Å². The fourth-order valence-corrected chi connectivity index (χ4v) is 5.28. The summed E-state index contributed by atoms with van der Waals surface area (Å²) in [6.07, 6.45) is 2.09. The molecule has 0 aromatic heterocycles. The quantitative estimate of drug-likeness (QED) is 0.775. The number of ether oxygens (including phenoxy) is 1. The van der Waals surface area contributed by atoms with Crippen LogP contribution in [0.15, 0.2) is 30.9 Å². The topological polar surface area (TPSA) is 79.0 Å². The average Bonchev–Trinajstić information content (AvgIpc) is 3.01. The van der Waals surface area contributed by atoms with E-state index in [0.29, 0.717) is 13.0 Å². The third kappa shape index (κ3) is 4.81. The molecule has 2 aliphatic rings. The highest BCUT2D eigenvalue weighted by molar-refractivity contribution is 7.91. The highest BCUT2D eigenvalue weighted by Gasteiger charge is 2.34. The van der Waals surface area contributed by atoms with Crippen LogP contribution >= 0.6 is 0 Å². The number of nitrogens with zero attached hydrogens (tertiary/aromatic N) is 2. The second-order valence-electron chi connectivity index (χ2n) is 7.03. The van der Waals surface area contributed by atoms with Gasteiger partial charge in [0.15, 0.2) is 9.84 Å². The van der Waals surface area contributed by atoms with Crippen molar-refractivity contribution in [2.75, 3.05) is 54.6 Å². The number of benzene rings is 1. The van der Waals surface area contributed by atoms with Gasteiger partial charge < -0.3 is 19.9 Å². The predicted octanol–water partition coefficient (Wildman–Crippen LogP) is 2.04. The Hall–Kier alpha value is -2.06. The molecule has 0 aliphatic carbocycles. The van der Waals surface area contributed by atoms with E-state index in [4.69, 9.17) is 4.74 Å². The summed E-state index contributed by atoms with van der Waals surface area (Å²) in [5.41, 5.74) is 2.80. The van der Waals surface area contributed by atoms with Crippen LogP contribution in [0.5, 0.6) is 0 Å². The molecular weight excluding hydrogens is 366 g/mol. The molecule has 0 radical (unpaired) electrons. The Morgan fingerprint density at radius 1 is 1.41 bits per heavy atom. The van der Waals surface area contributed by atoms with Crippen molar-refractivity contribution in [3.8, 4) is 0 Å². The molecule has 2 amide bonds. The minimum Gasteiger partial charge on any atom is -0.378 e. The summed E-state index contributed by atoms with van der Waals surface area (Å²) in [7, 11) is -3.06. The molecule has 1 aromatic carbocycles. The van der Waals surface area contributed by atoms with Crippen molar-refractivity contribution in [1.29, 1.82) is 0 Å². The third-order valence-corrected chi connectivity index (χ3v) is 6.81. The third-order valence-electron chi connectivity index (χ3n) is 5.06. The second-order valence-corrected chi connectivity index (χ2v) is 9.26. The maximum Gasteiger partial charge on any atom is 0.322 e. The number of hydrogen-bond acceptors (Lipinski definition) is 5. The van der Waals surface area contributed by atoms with E-state index in [-0.39, 0.29) is 23.6 Å². The van der Waals surface area contributed by atoms with Crippen molar-refractivity contribution in [2.45, 2.75) is 19.4 Å². The van der Waals surface area contributed by atoms with E-state index in [1.165, 1.54) is 0 Å². The Labute approximate surface area is 160 Å². The zero-order valence-corrected chi connectivity index (χ0v) is 16.5. The molecule has 3 rings (SSSR count). The predicted molar refractivity (Wildman–Crippen MR) is 107 cm³/mol. The van der Waals surface area contributed by atoms with E-state index in [1.807, 2.05) is 19.1 Å². The van der Waals surface area contributed by atoms with E-state index < -0.39 is 9.84 Å². The van der Waals surface area contributed by atoms with Gasteiger partial charge in [-0.3, -0.25) is 0 Å². The van der Waals surface area contributed by atoms with Crippen molar-refractivity contribution >= 4 is 27.2 Å². The van der Waals surface area contributed by atoms with Gasteiger partial charge in [0.1, 0.15) is 0 Å². The zero-order valence-electron chi connectivity index (χ0n) is 15.7. The molecule has 0 saturated carbocycles. The number of morpholine rings is 1. The largest absolute Gasteiger partial charge is 0.378 e. The molecule has 1 aromatic rings. The van der Waals surface area contributed by atoms with E-state index >= 15 is 0 Å². The van der Waals surface area contributed by atoms with Crippen LogP contribution in [0.2, 0.25) is 0 Å². The highest BCUT2D eigenvalue weighted by Crippen LogP contribution is 2.25. The summed E-state index contributed by atoms with van der Waals surface area (Å²) in [4.78, 5) is 16.6. The van der Waals surface area contributed by atoms with Crippen LogP contribution in [-0.2, 0) is 14.6 Å². The summed E-state index contributed by atoms with van der Waals surface area (Å²) >= 11 is 0. The molecule has 27 heavy (non-hydrogen) atoms. The number of hydrogen-bond donors (Lipinski definition) is 1. The van der Waals surface area contributed by atoms with Gasteiger partial charge in [-0.15, -0.1) is 6.58 Å². The Kier molecular flexibility index (Phi) is 6.06. The fraction of sp³-hybridized carbons (Fsp3) is 0.526. The number of nitrogens with one attached hydrogen (secondary N) is 1. The van der Waals surface area contributed by atoms with Crippen molar-refractivity contribution in [3.63, 3.8) is 0 Å². The first-order valence-electron chi connectivity index (χ1n) is 9.22. The number of aryl methyl sites for hydroxylation is 1. The highest BCUT2D eigenvalue weighted by atomic mass is 32.2. The van der Waals surface area contributed by atoms with Gasteiger partial charge in [0.05, 0.1) is 24.7 Å². The lowest BCUT2D eigenvalue weighted by Crippen LogP contribution is -2.43. The molecule has 1 N–H and O–H groups in total. The van der Waals surface area contributed by atoms with Gasteiger partial charge in [0, 0.05) is 37.1 Å². The summed E-state index contributed by atoms with van der Waals surface area (Å²) in [5.74, 6) is 0.148. The number of carbonyl (C=O) groups excluding carboxylic acids is 1. The summed E-state index contributed by atoms with van der Waals surface area (Å²) in [6.45, 7) is 9.12. The molecule has 8 heteroatoms. The molecule has 1 atom stereocenters. The SMILES string of the molecule is C=CCN(C(=O)Nc1ccc(N2CCOCC2)cc1C)C1CCS(=O)(=O)C1. The summed E-state index contributed by atoms with van der Waals surface area (Å²) in [6, 6.07) is 5.35. The van der Waals surface area contributed by atoms with E-state index in [0.717, 1.165) is 43.2 Å². The van der Waals surface area contributed by atoms with Gasteiger partial charge in [0.25, 0.3) is 0 Å². The molecule has 148 valence electrons. The van der Waals surface area contributed by atoms with Gasteiger partial charge in [-0.05, 0) is 37.1 Å². The summed E-state index contributed by atoms with van der Waals surface area (Å²) < 4.78 is 28.9. The van der Waals surface area contributed by atoms with E-state index in [2.05, 4.69) is 22.9 Å². The van der Waals surface area contributed by atoms with Crippen LogP contribution in [-0.4, -0.2) is 69.7 Å². The van der Waals surface area contributed by atoms with Gasteiger partial charge in [-0.1, -0.05) is 6.08 Å². The summed E-state index contributed by atoms with van der Waals surface area (Å²) in [5, 5.41) is 2.93.